The van der Waals surface area contributed by atoms with Crippen LogP contribution in [0.25, 0.3) is 0 Å². The molecule has 0 aromatic rings. The third-order valence-electron chi connectivity index (χ3n) is 2.49. The molecule has 0 aromatic carbocycles. The molecular weight excluding hydrogens is 218 g/mol. The highest BCUT2D eigenvalue weighted by atomic mass is 16.5. The Morgan fingerprint density at radius 2 is 2.19 bits per heavy atom. The average molecular weight is 231 g/mol. The Kier molecular flexibility index (Phi) is 3.83. The summed E-state index contributed by atoms with van der Waals surface area (Å²) in [5.74, 6) is -3.57. The Labute approximate surface area is 91.6 Å². The lowest BCUT2D eigenvalue weighted by atomic mass is 10.1. The monoisotopic (exact) mass is 231 g/mol. The van der Waals surface area contributed by atoms with Crippen LogP contribution in [0.1, 0.15) is 6.42 Å². The number of rotatable bonds is 5. The predicted molar refractivity (Wildman–Crippen MR) is 50.8 cm³/mol. The fraction of sp³-hybridized carbons (Fsp3) is 0.667. The van der Waals surface area contributed by atoms with Crippen molar-refractivity contribution in [2.45, 2.75) is 12.5 Å². The summed E-state index contributed by atoms with van der Waals surface area (Å²) in [4.78, 5) is 34.1. The molecule has 1 aliphatic heterocycles. The summed E-state index contributed by atoms with van der Waals surface area (Å²) in [6.07, 6.45) is -0.150. The van der Waals surface area contributed by atoms with Crippen molar-refractivity contribution in [2.75, 3.05) is 20.3 Å². The van der Waals surface area contributed by atoms with E-state index in [-0.39, 0.29) is 19.6 Å². The van der Waals surface area contributed by atoms with Crippen molar-refractivity contribution in [3.05, 3.63) is 0 Å². The summed E-state index contributed by atoms with van der Waals surface area (Å²) >= 11 is 0. The van der Waals surface area contributed by atoms with E-state index < -0.39 is 29.8 Å². The molecule has 1 rings (SSSR count). The largest absolute Gasteiger partial charge is 0.481 e. The summed E-state index contributed by atoms with van der Waals surface area (Å²) in [5, 5.41) is 17.6. The van der Waals surface area contributed by atoms with E-state index in [4.69, 9.17) is 14.9 Å². The molecule has 1 aliphatic rings. The summed E-state index contributed by atoms with van der Waals surface area (Å²) in [6.45, 7) is -0.220. The molecule has 2 atom stereocenters. The van der Waals surface area contributed by atoms with E-state index in [1.54, 1.807) is 0 Å². The van der Waals surface area contributed by atoms with Crippen LogP contribution in [-0.2, 0) is 19.1 Å². The number of carbonyl (C=O) groups excluding carboxylic acids is 1. The Morgan fingerprint density at radius 1 is 1.56 bits per heavy atom. The molecule has 0 spiro atoms. The molecule has 0 aliphatic carbocycles. The van der Waals surface area contributed by atoms with Crippen LogP contribution in [0.4, 0.5) is 0 Å². The molecule has 2 N–H and O–H groups in total. The van der Waals surface area contributed by atoms with Gasteiger partial charge in [0.1, 0.15) is 0 Å². The summed E-state index contributed by atoms with van der Waals surface area (Å²) in [7, 11) is 1.32. The van der Waals surface area contributed by atoms with E-state index in [2.05, 4.69) is 0 Å². The zero-order chi connectivity index (χ0) is 12.3. The van der Waals surface area contributed by atoms with E-state index in [0.717, 1.165) is 4.90 Å². The maximum atomic E-state index is 11.5. The molecule has 0 radical (unpaired) electrons. The smallest absolute Gasteiger partial charge is 0.328 e. The van der Waals surface area contributed by atoms with Crippen LogP contribution in [0, 0.1) is 5.92 Å². The SMILES string of the molecule is COC[C@@H](C(=O)O)N1CC(C(=O)O)CC1=O. The molecule has 1 heterocycles. The molecule has 1 amide bonds. The number of ether oxygens (including phenoxy) is 1. The third-order valence-corrected chi connectivity index (χ3v) is 2.49. The minimum absolute atomic E-state index is 0.0749. The topological polar surface area (TPSA) is 104 Å². The molecule has 90 valence electrons. The Morgan fingerprint density at radius 3 is 2.56 bits per heavy atom. The summed E-state index contributed by atoms with van der Waals surface area (Å²) < 4.78 is 4.70. The van der Waals surface area contributed by atoms with Gasteiger partial charge < -0.3 is 19.8 Å². The quantitative estimate of drug-likeness (QED) is 0.630. The summed E-state index contributed by atoms with van der Waals surface area (Å²) in [6, 6.07) is -1.11. The zero-order valence-corrected chi connectivity index (χ0v) is 8.75. The highest BCUT2D eigenvalue weighted by Crippen LogP contribution is 2.20. The molecule has 0 aromatic heterocycles. The minimum atomic E-state index is -1.19. The lowest BCUT2D eigenvalue weighted by Gasteiger charge is -2.23. The summed E-state index contributed by atoms with van der Waals surface area (Å²) in [5.41, 5.74) is 0. The Bertz CT molecular complexity index is 315. The van der Waals surface area contributed by atoms with Crippen molar-refractivity contribution in [1.29, 1.82) is 0 Å². The van der Waals surface area contributed by atoms with Gasteiger partial charge in [0.25, 0.3) is 0 Å². The van der Waals surface area contributed by atoms with Crippen molar-refractivity contribution < 1.29 is 29.3 Å². The second kappa shape index (κ2) is 4.93. The predicted octanol–water partition coefficient (Wildman–Crippen LogP) is -0.981. The van der Waals surface area contributed by atoms with Crippen LogP contribution in [-0.4, -0.2) is 59.3 Å². The number of aliphatic carboxylic acids is 2. The Balaban J connectivity index is 2.75. The van der Waals surface area contributed by atoms with Crippen LogP contribution in [0.15, 0.2) is 0 Å². The molecule has 1 saturated heterocycles. The number of nitrogens with zero attached hydrogens (tertiary/aromatic N) is 1. The maximum Gasteiger partial charge on any atom is 0.328 e. The molecule has 7 heteroatoms. The van der Waals surface area contributed by atoms with Gasteiger partial charge in [0.2, 0.25) is 5.91 Å². The Hall–Kier alpha value is -1.63. The molecule has 1 unspecified atom stereocenters. The van der Waals surface area contributed by atoms with Crippen LogP contribution in [0.2, 0.25) is 0 Å². The maximum absolute atomic E-state index is 11.5. The fourth-order valence-corrected chi connectivity index (χ4v) is 1.65. The number of methoxy groups -OCH3 is 1. The van der Waals surface area contributed by atoms with E-state index in [9.17, 15) is 14.4 Å². The number of carboxylic acids is 2. The number of hydrogen-bond donors (Lipinski definition) is 2. The van der Waals surface area contributed by atoms with Crippen molar-refractivity contribution in [3.63, 3.8) is 0 Å². The molecular formula is C9H13NO6. The van der Waals surface area contributed by atoms with Crippen LogP contribution in [0.5, 0.6) is 0 Å². The first kappa shape index (κ1) is 12.4. The second-order valence-corrected chi connectivity index (χ2v) is 3.59. The number of likely N-dealkylation sites (tertiary alicyclic amines) is 1. The highest BCUT2D eigenvalue weighted by molar-refractivity contribution is 5.89. The van der Waals surface area contributed by atoms with Gasteiger partial charge in [0.15, 0.2) is 6.04 Å². The van der Waals surface area contributed by atoms with E-state index in [1.165, 1.54) is 7.11 Å². The molecule has 0 bridgehead atoms. The highest BCUT2D eigenvalue weighted by Gasteiger charge is 2.40. The second-order valence-electron chi connectivity index (χ2n) is 3.59. The van der Waals surface area contributed by atoms with Crippen molar-refractivity contribution >= 4 is 17.8 Å². The molecule has 0 saturated carbocycles. The van der Waals surface area contributed by atoms with Crippen LogP contribution < -0.4 is 0 Å². The van der Waals surface area contributed by atoms with Gasteiger partial charge in [0.05, 0.1) is 12.5 Å². The van der Waals surface area contributed by atoms with E-state index >= 15 is 0 Å². The number of carbonyl (C=O) groups is 3. The standard InChI is InChI=1S/C9H13NO6/c1-16-4-6(9(14)15)10-3-5(8(12)13)2-7(10)11/h5-6H,2-4H2,1H3,(H,12,13)(H,14,15)/t5?,6-/m0/s1. The molecule has 16 heavy (non-hydrogen) atoms. The normalized spacial score (nSPS) is 22.2. The van der Waals surface area contributed by atoms with Crippen LogP contribution >= 0.6 is 0 Å². The molecule has 7 nitrogen and oxygen atoms in total. The first-order chi connectivity index (χ1) is 7.47. The number of carboxylic acid groups (broad SMARTS) is 2. The van der Waals surface area contributed by atoms with E-state index in [0.29, 0.717) is 0 Å². The van der Waals surface area contributed by atoms with Crippen molar-refractivity contribution in [2.24, 2.45) is 5.92 Å². The third kappa shape index (κ3) is 2.48. The van der Waals surface area contributed by atoms with Gasteiger partial charge in [-0.2, -0.15) is 0 Å². The number of amides is 1. The van der Waals surface area contributed by atoms with Crippen LogP contribution in [0.3, 0.4) is 0 Å². The van der Waals surface area contributed by atoms with Gasteiger partial charge >= 0.3 is 11.9 Å². The van der Waals surface area contributed by atoms with Gasteiger partial charge in [0, 0.05) is 20.1 Å². The minimum Gasteiger partial charge on any atom is -0.481 e. The lowest BCUT2D eigenvalue weighted by Crippen LogP contribution is -2.45. The first-order valence-corrected chi connectivity index (χ1v) is 4.71. The first-order valence-electron chi connectivity index (χ1n) is 4.71. The van der Waals surface area contributed by atoms with Crippen molar-refractivity contribution in [1.82, 2.24) is 4.90 Å². The van der Waals surface area contributed by atoms with Gasteiger partial charge in [-0.05, 0) is 0 Å². The lowest BCUT2D eigenvalue weighted by molar-refractivity contribution is -0.150. The van der Waals surface area contributed by atoms with Gasteiger partial charge in [-0.1, -0.05) is 0 Å². The van der Waals surface area contributed by atoms with E-state index in [1.807, 2.05) is 0 Å². The molecule has 1 fully saturated rings. The van der Waals surface area contributed by atoms with Gasteiger partial charge in [-0.25, -0.2) is 4.79 Å². The van der Waals surface area contributed by atoms with Crippen molar-refractivity contribution in [3.8, 4) is 0 Å². The average Bonchev–Trinajstić information content (AvgIpc) is 2.56. The fourth-order valence-electron chi connectivity index (χ4n) is 1.65. The number of hydrogen-bond acceptors (Lipinski definition) is 4. The van der Waals surface area contributed by atoms with Gasteiger partial charge in [-0.15, -0.1) is 0 Å². The zero-order valence-electron chi connectivity index (χ0n) is 8.75. The van der Waals surface area contributed by atoms with Gasteiger partial charge in [-0.3, -0.25) is 9.59 Å².